The molecule has 0 radical (unpaired) electrons. The molecule has 2 amide bonds. The maximum Gasteiger partial charge on any atom is 0.317 e. The predicted octanol–water partition coefficient (Wildman–Crippen LogP) is 3.58. The molecule has 27 heavy (non-hydrogen) atoms. The Bertz CT molecular complexity index is 577. The van der Waals surface area contributed by atoms with Gasteiger partial charge in [-0.3, -0.25) is 4.90 Å². The van der Waals surface area contributed by atoms with Gasteiger partial charge < -0.3 is 15.1 Å². The van der Waals surface area contributed by atoms with Gasteiger partial charge >= 0.3 is 6.03 Å². The van der Waals surface area contributed by atoms with E-state index < -0.39 is 0 Å². The van der Waals surface area contributed by atoms with Crippen molar-refractivity contribution in [1.29, 1.82) is 0 Å². The molecule has 1 aliphatic rings. The van der Waals surface area contributed by atoms with Gasteiger partial charge in [0, 0.05) is 44.5 Å². The highest BCUT2D eigenvalue weighted by Crippen LogP contribution is 2.18. The van der Waals surface area contributed by atoms with Crippen molar-refractivity contribution in [3.8, 4) is 0 Å². The van der Waals surface area contributed by atoms with Crippen molar-refractivity contribution in [2.24, 2.45) is 5.92 Å². The fourth-order valence-corrected chi connectivity index (χ4v) is 3.95. The minimum absolute atomic E-state index is 0.0832. The van der Waals surface area contributed by atoms with Gasteiger partial charge in [0.05, 0.1) is 0 Å². The number of rotatable bonds is 8. The number of hydrogen-bond acceptors (Lipinski definition) is 3. The second-order valence-corrected chi connectivity index (χ2v) is 8.00. The summed E-state index contributed by atoms with van der Waals surface area (Å²) in [5, 5.41) is 3.20. The quantitative estimate of drug-likeness (QED) is 0.756. The number of carbonyl (C=O) groups is 1. The number of urea groups is 1. The lowest BCUT2D eigenvalue weighted by molar-refractivity contribution is 0.169. The van der Waals surface area contributed by atoms with Crippen LogP contribution in [0.4, 0.5) is 10.5 Å². The second kappa shape index (κ2) is 10.5. The summed E-state index contributed by atoms with van der Waals surface area (Å²) in [7, 11) is 0. The smallest absolute Gasteiger partial charge is 0.317 e. The molecule has 1 fully saturated rings. The average molecular weight is 375 g/mol. The van der Waals surface area contributed by atoms with Crippen molar-refractivity contribution in [2.45, 2.75) is 47.1 Å². The molecule has 5 nitrogen and oxygen atoms in total. The Labute approximate surface area is 165 Å². The van der Waals surface area contributed by atoms with Crippen LogP contribution < -0.4 is 10.2 Å². The highest BCUT2D eigenvalue weighted by Gasteiger charge is 2.23. The number of piperazine rings is 1. The first-order valence-electron chi connectivity index (χ1n) is 10.5. The van der Waals surface area contributed by atoms with Crippen LogP contribution in [0.25, 0.3) is 0 Å². The lowest BCUT2D eigenvalue weighted by Crippen LogP contribution is -2.54. The Morgan fingerprint density at radius 3 is 2.37 bits per heavy atom. The minimum Gasteiger partial charge on any atom is -0.368 e. The van der Waals surface area contributed by atoms with Crippen LogP contribution in [-0.4, -0.2) is 67.7 Å². The number of aryl methyl sites for hydroxylation is 1. The molecule has 1 heterocycles. The van der Waals surface area contributed by atoms with Gasteiger partial charge in [0.1, 0.15) is 0 Å². The summed E-state index contributed by atoms with van der Waals surface area (Å²) in [6.07, 6.45) is 1.11. The van der Waals surface area contributed by atoms with Crippen molar-refractivity contribution in [1.82, 2.24) is 15.1 Å². The summed E-state index contributed by atoms with van der Waals surface area (Å²) in [6, 6.07) is 9.10. The monoisotopic (exact) mass is 374 g/mol. The highest BCUT2D eigenvalue weighted by molar-refractivity contribution is 5.74. The molecule has 1 unspecified atom stereocenters. The van der Waals surface area contributed by atoms with Crippen LogP contribution >= 0.6 is 0 Å². The van der Waals surface area contributed by atoms with Crippen LogP contribution in [0.3, 0.4) is 0 Å². The number of nitrogens with one attached hydrogen (secondary N) is 1. The fourth-order valence-electron chi connectivity index (χ4n) is 3.95. The number of nitrogens with zero attached hydrogens (tertiary/aromatic N) is 3. The predicted molar refractivity (Wildman–Crippen MR) is 115 cm³/mol. The molecule has 152 valence electrons. The van der Waals surface area contributed by atoms with E-state index >= 15 is 0 Å². The summed E-state index contributed by atoms with van der Waals surface area (Å²) in [6.45, 7) is 17.1. The van der Waals surface area contributed by atoms with Gasteiger partial charge in [-0.2, -0.15) is 0 Å². The number of benzene rings is 1. The molecule has 1 aromatic rings. The van der Waals surface area contributed by atoms with Gasteiger partial charge in [-0.1, -0.05) is 39.8 Å². The Morgan fingerprint density at radius 2 is 1.81 bits per heavy atom. The summed E-state index contributed by atoms with van der Waals surface area (Å²) in [5.41, 5.74) is 2.54. The van der Waals surface area contributed by atoms with Gasteiger partial charge in [-0.25, -0.2) is 4.79 Å². The van der Waals surface area contributed by atoms with E-state index in [1.807, 2.05) is 4.90 Å². The first-order valence-corrected chi connectivity index (χ1v) is 10.5. The summed E-state index contributed by atoms with van der Waals surface area (Å²) in [5.74, 6) is 0.630. The molecule has 1 atom stereocenters. The molecule has 0 aliphatic carbocycles. The number of likely N-dealkylation sites (N-methyl/N-ethyl adjacent to an activating group) is 1. The number of hydrogen-bond donors (Lipinski definition) is 1. The zero-order valence-corrected chi connectivity index (χ0v) is 17.9. The van der Waals surface area contributed by atoms with Crippen molar-refractivity contribution in [3.05, 3.63) is 29.8 Å². The van der Waals surface area contributed by atoms with Crippen molar-refractivity contribution >= 4 is 11.7 Å². The molecule has 1 saturated heterocycles. The Kier molecular flexibility index (Phi) is 8.42. The average Bonchev–Trinajstić information content (AvgIpc) is 2.66. The van der Waals surface area contributed by atoms with Crippen LogP contribution in [0.1, 0.15) is 39.7 Å². The van der Waals surface area contributed by atoms with Crippen molar-refractivity contribution in [2.75, 3.05) is 50.7 Å². The van der Waals surface area contributed by atoms with Crippen molar-refractivity contribution < 1.29 is 4.79 Å². The van der Waals surface area contributed by atoms with Crippen LogP contribution in [0.5, 0.6) is 0 Å². The highest BCUT2D eigenvalue weighted by atomic mass is 16.2. The van der Waals surface area contributed by atoms with E-state index in [4.69, 9.17) is 0 Å². The molecule has 1 N–H and O–H groups in total. The lowest BCUT2D eigenvalue weighted by atomic mass is 10.0. The largest absolute Gasteiger partial charge is 0.368 e. The van der Waals surface area contributed by atoms with Crippen LogP contribution in [0.15, 0.2) is 24.3 Å². The SMILES string of the molecule is CCN(CC)C(CNC(=O)N1CCN(c2cccc(C)c2)CC1)CC(C)C. The number of anilines is 1. The molecule has 1 aromatic carbocycles. The van der Waals surface area contributed by atoms with E-state index in [0.29, 0.717) is 12.0 Å². The molecule has 0 saturated carbocycles. The van der Waals surface area contributed by atoms with E-state index in [0.717, 1.165) is 52.2 Å². The number of amides is 2. The van der Waals surface area contributed by atoms with Crippen LogP contribution in [0.2, 0.25) is 0 Å². The fraction of sp³-hybridized carbons (Fsp3) is 0.682. The lowest BCUT2D eigenvalue weighted by Gasteiger charge is -2.37. The summed E-state index contributed by atoms with van der Waals surface area (Å²) < 4.78 is 0. The Morgan fingerprint density at radius 1 is 1.15 bits per heavy atom. The van der Waals surface area contributed by atoms with E-state index in [1.165, 1.54) is 11.3 Å². The van der Waals surface area contributed by atoms with E-state index in [1.54, 1.807) is 0 Å². The molecular formula is C22H38N4O. The van der Waals surface area contributed by atoms with Gasteiger partial charge in [-0.05, 0) is 50.0 Å². The maximum atomic E-state index is 12.7. The Hall–Kier alpha value is -1.75. The van der Waals surface area contributed by atoms with Crippen LogP contribution in [-0.2, 0) is 0 Å². The molecule has 0 aromatic heterocycles. The van der Waals surface area contributed by atoms with Gasteiger partial charge in [0.15, 0.2) is 0 Å². The number of carbonyl (C=O) groups excluding carboxylic acids is 1. The molecule has 1 aliphatic heterocycles. The standard InChI is InChI=1S/C22H38N4O/c1-6-24(7-2)21(15-18(3)4)17-23-22(27)26-13-11-25(12-14-26)20-10-8-9-19(5)16-20/h8-10,16,18,21H,6-7,11-15,17H2,1-5H3,(H,23,27). The third-order valence-electron chi connectivity index (χ3n) is 5.49. The molecule has 0 spiro atoms. The van der Waals surface area contributed by atoms with Gasteiger partial charge in [-0.15, -0.1) is 0 Å². The van der Waals surface area contributed by atoms with Crippen molar-refractivity contribution in [3.63, 3.8) is 0 Å². The third-order valence-corrected chi connectivity index (χ3v) is 5.49. The first-order chi connectivity index (χ1) is 12.9. The summed E-state index contributed by atoms with van der Waals surface area (Å²) in [4.78, 5) is 19.4. The maximum absolute atomic E-state index is 12.7. The molecule has 2 rings (SSSR count). The summed E-state index contributed by atoms with van der Waals surface area (Å²) >= 11 is 0. The zero-order valence-electron chi connectivity index (χ0n) is 17.9. The first kappa shape index (κ1) is 21.5. The zero-order chi connectivity index (χ0) is 19.8. The minimum atomic E-state index is 0.0832. The van der Waals surface area contributed by atoms with E-state index in [9.17, 15) is 4.79 Å². The Balaban J connectivity index is 1.84. The topological polar surface area (TPSA) is 38.8 Å². The van der Waals surface area contributed by atoms with Crippen LogP contribution in [0, 0.1) is 12.8 Å². The molecule has 5 heteroatoms. The molecular weight excluding hydrogens is 336 g/mol. The molecule has 0 bridgehead atoms. The normalized spacial score (nSPS) is 16.1. The van der Waals surface area contributed by atoms with Gasteiger partial charge in [0.2, 0.25) is 0 Å². The second-order valence-electron chi connectivity index (χ2n) is 8.00. The third kappa shape index (κ3) is 6.42. The van der Waals surface area contributed by atoms with E-state index in [2.05, 4.69) is 74.0 Å². The van der Waals surface area contributed by atoms with Gasteiger partial charge in [0.25, 0.3) is 0 Å². The van der Waals surface area contributed by atoms with E-state index in [-0.39, 0.29) is 6.03 Å².